The Bertz CT molecular complexity index is 833. The number of aromatic nitrogens is 4. The molecule has 2 heterocycles. The summed E-state index contributed by atoms with van der Waals surface area (Å²) in [5, 5.41) is 3.71. The Hall–Kier alpha value is -2.90. The molecule has 0 aliphatic heterocycles. The summed E-state index contributed by atoms with van der Waals surface area (Å²) in [5.74, 6) is 0.352. The van der Waals surface area contributed by atoms with Gasteiger partial charge in [0.1, 0.15) is 0 Å². The largest absolute Gasteiger partial charge is 0.359 e. The third-order valence-corrected chi connectivity index (χ3v) is 3.00. The normalized spacial score (nSPS) is 10.6. The first kappa shape index (κ1) is 15.5. The monoisotopic (exact) mass is 304 g/mol. The van der Waals surface area contributed by atoms with E-state index in [2.05, 4.69) is 18.3 Å². The van der Waals surface area contributed by atoms with Crippen molar-refractivity contribution < 1.29 is 4.52 Å². The molecule has 0 spiro atoms. The Balaban J connectivity index is 2.68. The molecule has 0 aliphatic rings. The number of rotatable bonds is 6. The van der Waals surface area contributed by atoms with Crippen LogP contribution in [0.2, 0.25) is 0 Å². The van der Waals surface area contributed by atoms with Crippen LogP contribution in [0.25, 0.3) is 0 Å². The lowest BCUT2D eigenvalue weighted by molar-refractivity contribution is 0.362. The first-order valence-corrected chi connectivity index (χ1v) is 6.58. The third-order valence-electron chi connectivity index (χ3n) is 3.00. The van der Waals surface area contributed by atoms with Gasteiger partial charge in [0.2, 0.25) is 0 Å². The topological polar surface area (TPSA) is 92.0 Å². The smallest absolute Gasteiger partial charge is 0.337 e. The lowest BCUT2D eigenvalue weighted by Crippen LogP contribution is -2.54. The standard InChI is InChI=1S/C14H16N4O4/c1-4-6-16-12(19)17(7-5-2)14(21)18(13(16)20)9-11-8-10(3)15-22-11/h4-5,8H,1-2,6-7,9H2,3H3. The van der Waals surface area contributed by atoms with Gasteiger partial charge in [0, 0.05) is 6.07 Å². The molecular weight excluding hydrogens is 288 g/mol. The second-order valence-electron chi connectivity index (χ2n) is 4.67. The SMILES string of the molecule is C=CCn1c(=O)n(CC=C)c(=O)n(Cc2cc(C)no2)c1=O. The quantitative estimate of drug-likeness (QED) is 0.694. The highest BCUT2D eigenvalue weighted by molar-refractivity contribution is 5.03. The van der Waals surface area contributed by atoms with Gasteiger partial charge in [-0.3, -0.25) is 0 Å². The summed E-state index contributed by atoms with van der Waals surface area (Å²) in [6.45, 7) is 8.65. The van der Waals surface area contributed by atoms with Gasteiger partial charge in [0.25, 0.3) is 0 Å². The van der Waals surface area contributed by atoms with Gasteiger partial charge in [-0.15, -0.1) is 13.2 Å². The van der Waals surface area contributed by atoms with Gasteiger partial charge in [-0.2, -0.15) is 0 Å². The van der Waals surface area contributed by atoms with Gasteiger partial charge in [0.05, 0.1) is 25.3 Å². The molecule has 0 aromatic carbocycles. The van der Waals surface area contributed by atoms with E-state index in [4.69, 9.17) is 4.52 Å². The maximum atomic E-state index is 12.3. The molecule has 0 unspecified atom stereocenters. The number of allylic oxidation sites excluding steroid dienone is 2. The van der Waals surface area contributed by atoms with E-state index in [9.17, 15) is 14.4 Å². The Morgan fingerprint density at radius 2 is 1.55 bits per heavy atom. The molecule has 0 fully saturated rings. The van der Waals surface area contributed by atoms with Crippen LogP contribution in [0.5, 0.6) is 0 Å². The maximum absolute atomic E-state index is 12.3. The predicted molar refractivity (Wildman–Crippen MR) is 80.0 cm³/mol. The molecule has 0 saturated heterocycles. The van der Waals surface area contributed by atoms with E-state index in [0.29, 0.717) is 11.5 Å². The summed E-state index contributed by atoms with van der Waals surface area (Å²) in [7, 11) is 0. The van der Waals surface area contributed by atoms with Crippen molar-refractivity contribution in [1.29, 1.82) is 0 Å². The third kappa shape index (κ3) is 2.76. The predicted octanol–water partition coefficient (Wildman–Crippen LogP) is -0.112. The van der Waals surface area contributed by atoms with Crippen LogP contribution in [0.4, 0.5) is 0 Å². The van der Waals surface area contributed by atoms with Crippen LogP contribution in [0.1, 0.15) is 11.5 Å². The Labute approximate surface area is 125 Å². The minimum absolute atomic E-state index is 0.00449. The molecule has 0 N–H and O–H groups in total. The molecule has 0 radical (unpaired) electrons. The van der Waals surface area contributed by atoms with Crippen molar-refractivity contribution in [3.63, 3.8) is 0 Å². The van der Waals surface area contributed by atoms with Crippen molar-refractivity contribution in [2.24, 2.45) is 0 Å². The van der Waals surface area contributed by atoms with E-state index >= 15 is 0 Å². The average Bonchev–Trinajstić information content (AvgIpc) is 2.90. The lowest BCUT2D eigenvalue weighted by Gasteiger charge is -2.10. The summed E-state index contributed by atoms with van der Waals surface area (Å²) in [6.07, 6.45) is 2.82. The van der Waals surface area contributed by atoms with E-state index in [1.807, 2.05) is 0 Å². The van der Waals surface area contributed by atoms with E-state index in [-0.39, 0.29) is 19.6 Å². The molecule has 0 bridgehead atoms. The number of nitrogens with zero attached hydrogens (tertiary/aromatic N) is 4. The number of hydrogen-bond acceptors (Lipinski definition) is 5. The highest BCUT2D eigenvalue weighted by atomic mass is 16.5. The lowest BCUT2D eigenvalue weighted by atomic mass is 10.4. The van der Waals surface area contributed by atoms with Crippen molar-refractivity contribution in [3.8, 4) is 0 Å². The van der Waals surface area contributed by atoms with Crippen LogP contribution >= 0.6 is 0 Å². The van der Waals surface area contributed by atoms with Gasteiger partial charge >= 0.3 is 17.1 Å². The fourth-order valence-corrected chi connectivity index (χ4v) is 2.04. The highest BCUT2D eigenvalue weighted by Crippen LogP contribution is 2.02. The first-order valence-electron chi connectivity index (χ1n) is 6.58. The van der Waals surface area contributed by atoms with Crippen LogP contribution in [0.15, 0.2) is 50.3 Å². The van der Waals surface area contributed by atoms with Crippen molar-refractivity contribution in [1.82, 2.24) is 18.9 Å². The van der Waals surface area contributed by atoms with Crippen LogP contribution in [0, 0.1) is 6.92 Å². The van der Waals surface area contributed by atoms with Gasteiger partial charge in [-0.1, -0.05) is 17.3 Å². The van der Waals surface area contributed by atoms with Crippen LogP contribution < -0.4 is 17.1 Å². The summed E-state index contributed by atoms with van der Waals surface area (Å²) in [5.41, 5.74) is -1.50. The number of hydrogen-bond donors (Lipinski definition) is 0. The molecule has 0 aliphatic carbocycles. The zero-order valence-electron chi connectivity index (χ0n) is 12.2. The van der Waals surface area contributed by atoms with Gasteiger partial charge in [0.15, 0.2) is 5.76 Å². The Morgan fingerprint density at radius 1 is 1.05 bits per heavy atom. The molecule has 2 aromatic rings. The average molecular weight is 304 g/mol. The Kier molecular flexibility index (Phi) is 4.40. The van der Waals surface area contributed by atoms with E-state index in [1.165, 1.54) is 12.2 Å². The van der Waals surface area contributed by atoms with Crippen LogP contribution in [-0.2, 0) is 19.6 Å². The molecule has 0 amide bonds. The molecule has 116 valence electrons. The van der Waals surface area contributed by atoms with Crippen molar-refractivity contribution in [2.75, 3.05) is 0 Å². The zero-order valence-corrected chi connectivity index (χ0v) is 12.2. The highest BCUT2D eigenvalue weighted by Gasteiger charge is 2.15. The van der Waals surface area contributed by atoms with E-state index in [1.54, 1.807) is 13.0 Å². The minimum atomic E-state index is -0.718. The molecule has 8 heteroatoms. The Morgan fingerprint density at radius 3 is 1.95 bits per heavy atom. The number of aryl methyl sites for hydroxylation is 1. The molecular formula is C14H16N4O4. The second kappa shape index (κ2) is 6.25. The van der Waals surface area contributed by atoms with E-state index in [0.717, 1.165) is 13.7 Å². The fraction of sp³-hybridized carbons (Fsp3) is 0.286. The van der Waals surface area contributed by atoms with Crippen molar-refractivity contribution >= 4 is 0 Å². The molecule has 0 atom stereocenters. The molecule has 2 aromatic heterocycles. The zero-order chi connectivity index (χ0) is 16.3. The second-order valence-corrected chi connectivity index (χ2v) is 4.67. The molecule has 22 heavy (non-hydrogen) atoms. The van der Waals surface area contributed by atoms with Crippen molar-refractivity contribution in [3.05, 3.63) is 74.3 Å². The molecule has 0 saturated carbocycles. The molecule has 8 nitrogen and oxygen atoms in total. The maximum Gasteiger partial charge on any atom is 0.337 e. The van der Waals surface area contributed by atoms with Gasteiger partial charge < -0.3 is 4.52 Å². The summed E-state index contributed by atoms with van der Waals surface area (Å²) >= 11 is 0. The summed E-state index contributed by atoms with van der Waals surface area (Å²) in [4.78, 5) is 36.9. The molecule has 2 rings (SSSR count). The minimum Gasteiger partial charge on any atom is -0.359 e. The summed E-state index contributed by atoms with van der Waals surface area (Å²) < 4.78 is 7.81. The summed E-state index contributed by atoms with van der Waals surface area (Å²) in [6, 6.07) is 1.62. The first-order chi connectivity index (χ1) is 10.5. The fourth-order valence-electron chi connectivity index (χ4n) is 2.04. The van der Waals surface area contributed by atoms with E-state index < -0.39 is 17.1 Å². The van der Waals surface area contributed by atoms with Gasteiger partial charge in [-0.25, -0.2) is 28.1 Å². The van der Waals surface area contributed by atoms with Crippen molar-refractivity contribution in [2.45, 2.75) is 26.6 Å². The van der Waals surface area contributed by atoms with Gasteiger partial charge in [-0.05, 0) is 6.92 Å². The van der Waals surface area contributed by atoms with Crippen LogP contribution in [0.3, 0.4) is 0 Å². The van der Waals surface area contributed by atoms with Crippen LogP contribution in [-0.4, -0.2) is 18.9 Å².